The number of benzene rings is 3. The van der Waals surface area contributed by atoms with Crippen molar-refractivity contribution in [2.45, 2.75) is 26.5 Å². The number of nitrogens with zero attached hydrogens (tertiary/aromatic N) is 1. The van der Waals surface area contributed by atoms with E-state index in [0.29, 0.717) is 23.9 Å². The fraction of sp³-hybridized carbons (Fsp3) is 0.182. The highest BCUT2D eigenvalue weighted by Gasteiger charge is 2.07. The molecule has 0 aliphatic heterocycles. The maximum Gasteiger partial charge on any atom is 0.269 e. The number of non-ortho nitro benzene ring substituents is 1. The van der Waals surface area contributed by atoms with Crippen LogP contribution in [-0.2, 0) is 19.6 Å². The second kappa shape index (κ2) is 9.24. The first kappa shape index (κ1) is 19.7. The molecule has 0 aliphatic rings. The summed E-state index contributed by atoms with van der Waals surface area (Å²) in [6.45, 7) is 3.09. The number of nitro groups is 1. The quantitative estimate of drug-likeness (QED) is 0.374. The number of hydrogen-bond donors (Lipinski definition) is 1. The molecule has 0 spiro atoms. The van der Waals surface area contributed by atoms with Crippen LogP contribution < -0.4 is 10.1 Å². The highest BCUT2D eigenvalue weighted by Crippen LogP contribution is 2.27. The van der Waals surface area contributed by atoms with Crippen LogP contribution in [0.1, 0.15) is 23.6 Å². The molecule has 3 aromatic carbocycles. The minimum Gasteiger partial charge on any atom is -0.487 e. The van der Waals surface area contributed by atoms with Crippen molar-refractivity contribution in [1.29, 1.82) is 0 Å². The van der Waals surface area contributed by atoms with Gasteiger partial charge >= 0.3 is 0 Å². The fourth-order valence-corrected chi connectivity index (χ4v) is 3.10. The molecule has 0 unspecified atom stereocenters. The van der Waals surface area contributed by atoms with E-state index in [4.69, 9.17) is 16.3 Å². The average Bonchev–Trinajstić information content (AvgIpc) is 2.72. The molecular formula is C22H21ClN2O3. The number of anilines is 1. The molecule has 0 radical (unpaired) electrons. The number of halogens is 1. The Hall–Kier alpha value is -3.05. The summed E-state index contributed by atoms with van der Waals surface area (Å²) >= 11 is 6.36. The molecule has 0 saturated heterocycles. The zero-order valence-corrected chi connectivity index (χ0v) is 16.3. The van der Waals surface area contributed by atoms with Crippen LogP contribution in [0.2, 0.25) is 5.02 Å². The van der Waals surface area contributed by atoms with Crippen molar-refractivity contribution < 1.29 is 9.66 Å². The van der Waals surface area contributed by atoms with Gasteiger partial charge in [-0.25, -0.2) is 0 Å². The summed E-state index contributed by atoms with van der Waals surface area (Å²) in [6, 6.07) is 20.2. The van der Waals surface area contributed by atoms with Crippen LogP contribution >= 0.6 is 11.6 Å². The van der Waals surface area contributed by atoms with Crippen molar-refractivity contribution in [1.82, 2.24) is 0 Å². The maximum absolute atomic E-state index is 10.7. The van der Waals surface area contributed by atoms with Crippen LogP contribution in [0.5, 0.6) is 5.75 Å². The summed E-state index contributed by atoms with van der Waals surface area (Å²) in [5.41, 5.74) is 4.35. The van der Waals surface area contributed by atoms with E-state index >= 15 is 0 Å². The first-order valence-electron chi connectivity index (χ1n) is 9.03. The van der Waals surface area contributed by atoms with E-state index < -0.39 is 4.92 Å². The molecule has 6 heteroatoms. The van der Waals surface area contributed by atoms with Gasteiger partial charge < -0.3 is 10.1 Å². The Kier molecular flexibility index (Phi) is 6.50. The molecule has 0 heterocycles. The van der Waals surface area contributed by atoms with E-state index in [9.17, 15) is 10.1 Å². The summed E-state index contributed by atoms with van der Waals surface area (Å²) in [7, 11) is 0. The van der Waals surface area contributed by atoms with Crippen LogP contribution in [0.15, 0.2) is 66.7 Å². The van der Waals surface area contributed by atoms with Crippen molar-refractivity contribution in [3.8, 4) is 5.75 Å². The van der Waals surface area contributed by atoms with Gasteiger partial charge in [-0.3, -0.25) is 10.1 Å². The van der Waals surface area contributed by atoms with Crippen molar-refractivity contribution in [3.63, 3.8) is 0 Å². The molecule has 0 aromatic heterocycles. The molecule has 0 fully saturated rings. The van der Waals surface area contributed by atoms with Gasteiger partial charge in [-0.05, 0) is 53.4 Å². The Balaban J connectivity index is 1.59. The van der Waals surface area contributed by atoms with Crippen LogP contribution in [-0.4, -0.2) is 4.92 Å². The molecule has 28 heavy (non-hydrogen) atoms. The zero-order valence-electron chi connectivity index (χ0n) is 15.5. The molecule has 0 bridgehead atoms. The third-order valence-corrected chi connectivity index (χ3v) is 4.71. The number of para-hydroxylation sites is 1. The molecule has 3 rings (SSSR count). The molecule has 1 N–H and O–H groups in total. The lowest BCUT2D eigenvalue weighted by Crippen LogP contribution is -2.02. The Morgan fingerprint density at radius 1 is 1.04 bits per heavy atom. The van der Waals surface area contributed by atoms with Gasteiger partial charge in [0.25, 0.3) is 5.69 Å². The normalized spacial score (nSPS) is 10.5. The van der Waals surface area contributed by atoms with Crippen LogP contribution in [0.25, 0.3) is 0 Å². The van der Waals surface area contributed by atoms with Crippen molar-refractivity contribution in [2.75, 3.05) is 5.32 Å². The number of ether oxygens (including phenoxy) is 1. The standard InChI is InChI=1S/C22H21ClN2O3/c1-2-18-5-3-4-6-21(18)24-14-17-9-12-22(20(23)13-17)28-15-16-7-10-19(11-8-16)25(26)27/h3-13,24H,2,14-15H2,1H3. The number of hydrogen-bond acceptors (Lipinski definition) is 4. The fourth-order valence-electron chi connectivity index (χ4n) is 2.84. The molecule has 0 aliphatic carbocycles. The lowest BCUT2D eigenvalue weighted by atomic mass is 10.1. The second-order valence-electron chi connectivity index (χ2n) is 6.34. The molecule has 144 valence electrons. The summed E-state index contributed by atoms with van der Waals surface area (Å²) in [4.78, 5) is 10.3. The Labute approximate surface area is 169 Å². The SMILES string of the molecule is CCc1ccccc1NCc1ccc(OCc2ccc([N+](=O)[O-])cc2)c(Cl)c1. The maximum atomic E-state index is 10.7. The van der Waals surface area contributed by atoms with E-state index in [1.165, 1.54) is 17.7 Å². The van der Waals surface area contributed by atoms with Crippen molar-refractivity contribution in [3.05, 3.63) is 98.6 Å². The van der Waals surface area contributed by atoms with E-state index in [-0.39, 0.29) is 5.69 Å². The predicted octanol–water partition coefficient (Wildman–Crippen LogP) is 6.00. The van der Waals surface area contributed by atoms with E-state index in [2.05, 4.69) is 24.4 Å². The minimum atomic E-state index is -0.423. The van der Waals surface area contributed by atoms with Gasteiger partial charge in [0.2, 0.25) is 0 Å². The van der Waals surface area contributed by atoms with Gasteiger partial charge in [0, 0.05) is 24.4 Å². The molecule has 5 nitrogen and oxygen atoms in total. The highest BCUT2D eigenvalue weighted by molar-refractivity contribution is 6.32. The molecule has 0 saturated carbocycles. The molecule has 3 aromatic rings. The molecular weight excluding hydrogens is 376 g/mol. The predicted molar refractivity (Wildman–Crippen MR) is 112 cm³/mol. The van der Waals surface area contributed by atoms with Gasteiger partial charge in [0.1, 0.15) is 12.4 Å². The van der Waals surface area contributed by atoms with E-state index in [1.54, 1.807) is 12.1 Å². The van der Waals surface area contributed by atoms with Crippen molar-refractivity contribution in [2.24, 2.45) is 0 Å². The Morgan fingerprint density at radius 3 is 2.43 bits per heavy atom. The van der Waals surface area contributed by atoms with Gasteiger partial charge in [-0.15, -0.1) is 0 Å². The van der Waals surface area contributed by atoms with Gasteiger partial charge in [-0.2, -0.15) is 0 Å². The van der Waals surface area contributed by atoms with E-state index in [1.807, 2.05) is 30.3 Å². The van der Waals surface area contributed by atoms with Gasteiger partial charge in [0.05, 0.1) is 9.95 Å². The molecule has 0 amide bonds. The van der Waals surface area contributed by atoms with E-state index in [0.717, 1.165) is 23.2 Å². The smallest absolute Gasteiger partial charge is 0.269 e. The highest BCUT2D eigenvalue weighted by atomic mass is 35.5. The summed E-state index contributed by atoms with van der Waals surface area (Å²) < 4.78 is 5.76. The second-order valence-corrected chi connectivity index (χ2v) is 6.75. The lowest BCUT2D eigenvalue weighted by Gasteiger charge is -2.13. The number of rotatable bonds is 8. The average molecular weight is 397 g/mol. The Morgan fingerprint density at radius 2 is 1.75 bits per heavy atom. The van der Waals surface area contributed by atoms with Gasteiger partial charge in [0.15, 0.2) is 0 Å². The largest absolute Gasteiger partial charge is 0.487 e. The van der Waals surface area contributed by atoms with Crippen LogP contribution in [0.3, 0.4) is 0 Å². The summed E-state index contributed by atoms with van der Waals surface area (Å²) in [6.07, 6.45) is 0.972. The van der Waals surface area contributed by atoms with Crippen LogP contribution in [0.4, 0.5) is 11.4 Å². The summed E-state index contributed by atoms with van der Waals surface area (Å²) in [5.74, 6) is 0.581. The third-order valence-electron chi connectivity index (χ3n) is 4.42. The Bertz CT molecular complexity index is 958. The molecule has 0 atom stereocenters. The zero-order chi connectivity index (χ0) is 19.9. The monoisotopic (exact) mass is 396 g/mol. The topological polar surface area (TPSA) is 64.4 Å². The minimum absolute atomic E-state index is 0.0586. The number of nitrogens with one attached hydrogen (secondary N) is 1. The first-order valence-corrected chi connectivity index (χ1v) is 9.41. The van der Waals surface area contributed by atoms with Crippen molar-refractivity contribution >= 4 is 23.0 Å². The summed E-state index contributed by atoms with van der Waals surface area (Å²) in [5, 5.41) is 14.7. The van der Waals surface area contributed by atoms with Crippen LogP contribution in [0, 0.1) is 10.1 Å². The third kappa shape index (κ3) is 5.02. The number of aryl methyl sites for hydroxylation is 1. The lowest BCUT2D eigenvalue weighted by molar-refractivity contribution is -0.384. The number of nitro benzene ring substituents is 1. The first-order chi connectivity index (χ1) is 13.6. The van der Waals surface area contributed by atoms with Gasteiger partial charge in [-0.1, -0.05) is 42.8 Å².